The molecule has 100 valence electrons. The van der Waals surface area contributed by atoms with Gasteiger partial charge in [-0.1, -0.05) is 12.1 Å². The molecule has 0 aliphatic carbocycles. The molecule has 0 aliphatic heterocycles. The maximum atomic E-state index is 13.4. The van der Waals surface area contributed by atoms with Crippen LogP contribution < -0.4 is 5.73 Å². The van der Waals surface area contributed by atoms with Gasteiger partial charge in [-0.2, -0.15) is 0 Å². The first kappa shape index (κ1) is 14.1. The number of hydrogen-bond donors (Lipinski definition) is 1. The lowest BCUT2D eigenvalue weighted by atomic mass is 10.1. The minimum atomic E-state index is -0.210. The van der Waals surface area contributed by atoms with Gasteiger partial charge in [0.15, 0.2) is 0 Å². The number of rotatable bonds is 4. The molecule has 0 heterocycles. The quantitative estimate of drug-likeness (QED) is 0.847. The first-order valence-electron chi connectivity index (χ1n) is 6.27. The van der Waals surface area contributed by atoms with E-state index in [4.69, 9.17) is 5.73 Å². The molecular formula is C16H18FNS. The van der Waals surface area contributed by atoms with Crippen LogP contribution in [0.2, 0.25) is 0 Å². The molecule has 2 rings (SSSR count). The fourth-order valence-electron chi connectivity index (χ4n) is 1.89. The van der Waals surface area contributed by atoms with Gasteiger partial charge in [-0.05, 0) is 60.4 Å². The van der Waals surface area contributed by atoms with E-state index in [1.54, 1.807) is 17.8 Å². The zero-order valence-corrected chi connectivity index (χ0v) is 12.1. The van der Waals surface area contributed by atoms with E-state index in [1.165, 1.54) is 22.1 Å². The molecule has 19 heavy (non-hydrogen) atoms. The SMILES string of the molecule is Cc1ccc(SCc2cc(F)cc(CN)c2)cc1C. The summed E-state index contributed by atoms with van der Waals surface area (Å²) in [7, 11) is 0. The molecular weight excluding hydrogens is 257 g/mol. The lowest BCUT2D eigenvalue weighted by Gasteiger charge is -2.07. The van der Waals surface area contributed by atoms with Crippen molar-refractivity contribution < 1.29 is 4.39 Å². The van der Waals surface area contributed by atoms with E-state index in [0.717, 1.165) is 16.9 Å². The molecule has 2 aromatic carbocycles. The lowest BCUT2D eigenvalue weighted by Crippen LogP contribution is -1.98. The second kappa shape index (κ2) is 6.22. The number of aryl methyl sites for hydroxylation is 2. The highest BCUT2D eigenvalue weighted by atomic mass is 32.2. The Morgan fingerprint density at radius 3 is 2.42 bits per heavy atom. The molecule has 0 atom stereocenters. The summed E-state index contributed by atoms with van der Waals surface area (Å²) in [5.41, 5.74) is 9.95. The summed E-state index contributed by atoms with van der Waals surface area (Å²) in [6.07, 6.45) is 0. The molecule has 0 amide bonds. The number of nitrogens with two attached hydrogens (primary N) is 1. The van der Waals surface area contributed by atoms with Crippen molar-refractivity contribution in [1.82, 2.24) is 0 Å². The van der Waals surface area contributed by atoms with Crippen molar-refractivity contribution in [1.29, 1.82) is 0 Å². The Morgan fingerprint density at radius 1 is 1.00 bits per heavy atom. The molecule has 0 unspecified atom stereocenters. The topological polar surface area (TPSA) is 26.0 Å². The molecule has 0 fully saturated rings. The van der Waals surface area contributed by atoms with Crippen LogP contribution in [-0.2, 0) is 12.3 Å². The van der Waals surface area contributed by atoms with Crippen molar-refractivity contribution in [3.63, 3.8) is 0 Å². The van der Waals surface area contributed by atoms with Gasteiger partial charge in [-0.15, -0.1) is 11.8 Å². The largest absolute Gasteiger partial charge is 0.326 e. The Hall–Kier alpha value is -1.32. The van der Waals surface area contributed by atoms with Gasteiger partial charge >= 0.3 is 0 Å². The summed E-state index contributed by atoms with van der Waals surface area (Å²) >= 11 is 1.72. The van der Waals surface area contributed by atoms with Crippen LogP contribution in [-0.4, -0.2) is 0 Å². The van der Waals surface area contributed by atoms with E-state index in [0.29, 0.717) is 6.54 Å². The third kappa shape index (κ3) is 3.82. The molecule has 2 aromatic rings. The summed E-state index contributed by atoms with van der Waals surface area (Å²) in [6, 6.07) is 11.4. The molecule has 2 N–H and O–H groups in total. The summed E-state index contributed by atoms with van der Waals surface area (Å²) in [4.78, 5) is 1.21. The zero-order chi connectivity index (χ0) is 13.8. The minimum absolute atomic E-state index is 0.210. The van der Waals surface area contributed by atoms with Crippen molar-refractivity contribution in [2.24, 2.45) is 5.73 Å². The van der Waals surface area contributed by atoms with Crippen LogP contribution >= 0.6 is 11.8 Å². The molecule has 0 saturated heterocycles. The normalized spacial score (nSPS) is 10.7. The Bertz CT molecular complexity index is 581. The third-order valence-corrected chi connectivity index (χ3v) is 4.20. The van der Waals surface area contributed by atoms with Gasteiger partial charge in [-0.25, -0.2) is 4.39 Å². The Morgan fingerprint density at radius 2 is 1.74 bits per heavy atom. The maximum Gasteiger partial charge on any atom is 0.123 e. The minimum Gasteiger partial charge on any atom is -0.326 e. The molecule has 0 aliphatic rings. The Kier molecular flexibility index (Phi) is 4.61. The van der Waals surface area contributed by atoms with E-state index in [9.17, 15) is 4.39 Å². The van der Waals surface area contributed by atoms with E-state index < -0.39 is 0 Å². The van der Waals surface area contributed by atoms with Crippen LogP contribution in [0, 0.1) is 19.7 Å². The van der Waals surface area contributed by atoms with Gasteiger partial charge in [0, 0.05) is 17.2 Å². The predicted molar refractivity (Wildman–Crippen MR) is 79.8 cm³/mol. The summed E-state index contributed by atoms with van der Waals surface area (Å²) in [6.45, 7) is 4.58. The smallest absolute Gasteiger partial charge is 0.123 e. The molecule has 0 saturated carbocycles. The first-order valence-corrected chi connectivity index (χ1v) is 7.25. The van der Waals surface area contributed by atoms with Gasteiger partial charge in [-0.3, -0.25) is 0 Å². The molecule has 1 nitrogen and oxygen atoms in total. The van der Waals surface area contributed by atoms with Crippen molar-refractivity contribution in [2.45, 2.75) is 31.0 Å². The zero-order valence-electron chi connectivity index (χ0n) is 11.2. The highest BCUT2D eigenvalue weighted by Crippen LogP contribution is 2.25. The highest BCUT2D eigenvalue weighted by molar-refractivity contribution is 7.98. The van der Waals surface area contributed by atoms with Gasteiger partial charge in [0.05, 0.1) is 0 Å². The molecule has 0 aromatic heterocycles. The molecule has 0 bridgehead atoms. The number of benzene rings is 2. The van der Waals surface area contributed by atoms with Crippen LogP contribution in [0.4, 0.5) is 4.39 Å². The van der Waals surface area contributed by atoms with Gasteiger partial charge in [0.2, 0.25) is 0 Å². The summed E-state index contributed by atoms with van der Waals surface area (Å²) < 4.78 is 13.4. The molecule has 3 heteroatoms. The van der Waals surface area contributed by atoms with Crippen molar-refractivity contribution in [2.75, 3.05) is 0 Å². The Balaban J connectivity index is 2.09. The number of hydrogen-bond acceptors (Lipinski definition) is 2. The highest BCUT2D eigenvalue weighted by Gasteiger charge is 2.02. The van der Waals surface area contributed by atoms with E-state index in [-0.39, 0.29) is 5.82 Å². The summed E-state index contributed by atoms with van der Waals surface area (Å²) in [5.74, 6) is 0.548. The van der Waals surface area contributed by atoms with Crippen LogP contribution in [0.5, 0.6) is 0 Å². The van der Waals surface area contributed by atoms with Crippen LogP contribution in [0.25, 0.3) is 0 Å². The number of thioether (sulfide) groups is 1. The summed E-state index contributed by atoms with van der Waals surface area (Å²) in [5, 5.41) is 0. The second-order valence-electron chi connectivity index (χ2n) is 4.71. The van der Waals surface area contributed by atoms with E-state index in [2.05, 4.69) is 32.0 Å². The monoisotopic (exact) mass is 275 g/mol. The van der Waals surface area contributed by atoms with Gasteiger partial charge in [0.1, 0.15) is 5.82 Å². The van der Waals surface area contributed by atoms with Crippen LogP contribution in [0.1, 0.15) is 22.3 Å². The van der Waals surface area contributed by atoms with E-state index >= 15 is 0 Å². The average molecular weight is 275 g/mol. The van der Waals surface area contributed by atoms with Crippen molar-refractivity contribution in [3.05, 3.63) is 64.5 Å². The third-order valence-electron chi connectivity index (χ3n) is 3.14. The van der Waals surface area contributed by atoms with Crippen molar-refractivity contribution >= 4 is 11.8 Å². The Labute approximate surface area is 118 Å². The van der Waals surface area contributed by atoms with E-state index in [1.807, 2.05) is 6.07 Å². The predicted octanol–water partition coefficient (Wildman–Crippen LogP) is 4.19. The standard InChI is InChI=1S/C16H18FNS/c1-11-3-4-16(5-12(11)2)19-10-14-6-13(9-18)7-15(17)8-14/h3-8H,9-10,18H2,1-2H3. The molecule has 0 radical (unpaired) electrons. The number of halogens is 1. The second-order valence-corrected chi connectivity index (χ2v) is 5.76. The lowest BCUT2D eigenvalue weighted by molar-refractivity contribution is 0.624. The molecule has 0 spiro atoms. The first-order chi connectivity index (χ1) is 9.08. The van der Waals surface area contributed by atoms with Crippen molar-refractivity contribution in [3.8, 4) is 0 Å². The maximum absolute atomic E-state index is 13.4. The average Bonchev–Trinajstić information content (AvgIpc) is 2.39. The van der Waals surface area contributed by atoms with Gasteiger partial charge in [0.25, 0.3) is 0 Å². The van der Waals surface area contributed by atoms with Gasteiger partial charge < -0.3 is 5.73 Å². The fourth-order valence-corrected chi connectivity index (χ4v) is 2.81. The van der Waals surface area contributed by atoms with Crippen LogP contribution in [0.15, 0.2) is 41.3 Å². The fraction of sp³-hybridized carbons (Fsp3) is 0.250. The van der Waals surface area contributed by atoms with Crippen LogP contribution in [0.3, 0.4) is 0 Å².